The topological polar surface area (TPSA) is 49.2 Å². The number of piperidine rings is 1. The minimum Gasteiger partial charge on any atom is -0.392 e. The molecule has 1 aromatic carbocycles. The molecule has 0 amide bonds. The van der Waals surface area contributed by atoms with Crippen LogP contribution in [0, 0.1) is 5.92 Å². The van der Waals surface area contributed by atoms with Gasteiger partial charge in [0, 0.05) is 25.5 Å². The van der Waals surface area contributed by atoms with E-state index in [9.17, 15) is 5.11 Å². The number of aromatic nitrogens is 2. The van der Waals surface area contributed by atoms with Gasteiger partial charge in [-0.25, -0.2) is 9.97 Å². The van der Waals surface area contributed by atoms with Crippen molar-refractivity contribution < 1.29 is 5.11 Å². The Balaban J connectivity index is 1.53. The van der Waals surface area contributed by atoms with E-state index in [1.165, 1.54) is 5.56 Å². The Labute approximate surface area is 125 Å². The normalized spacial score (nSPS) is 17.7. The first-order chi connectivity index (χ1) is 10.3. The minimum atomic E-state index is -0.258. The Morgan fingerprint density at radius 2 is 1.71 bits per heavy atom. The van der Waals surface area contributed by atoms with Crippen molar-refractivity contribution in [1.82, 2.24) is 9.97 Å². The summed E-state index contributed by atoms with van der Waals surface area (Å²) in [4.78, 5) is 10.8. The second-order valence-corrected chi connectivity index (χ2v) is 5.63. The van der Waals surface area contributed by atoms with Gasteiger partial charge in [-0.2, -0.15) is 0 Å². The number of benzene rings is 1. The molecular weight excluding hydrogens is 262 g/mol. The number of aliphatic hydroxyl groups excluding tert-OH is 1. The molecule has 0 bridgehead atoms. The lowest BCUT2D eigenvalue weighted by atomic mass is 9.88. The van der Waals surface area contributed by atoms with Gasteiger partial charge in [0.25, 0.3) is 0 Å². The van der Waals surface area contributed by atoms with Crippen LogP contribution in [0.5, 0.6) is 0 Å². The van der Waals surface area contributed by atoms with Crippen molar-refractivity contribution in [1.29, 1.82) is 0 Å². The Hall–Kier alpha value is -1.94. The van der Waals surface area contributed by atoms with Gasteiger partial charge in [-0.05, 0) is 36.8 Å². The lowest BCUT2D eigenvalue weighted by molar-refractivity contribution is 0.0928. The molecule has 21 heavy (non-hydrogen) atoms. The van der Waals surface area contributed by atoms with Gasteiger partial charge in [0.1, 0.15) is 0 Å². The summed E-state index contributed by atoms with van der Waals surface area (Å²) in [5.41, 5.74) is 1.21. The van der Waals surface area contributed by atoms with Crippen molar-refractivity contribution in [3.8, 4) is 0 Å². The molecule has 4 nitrogen and oxygen atoms in total. The number of aliphatic hydroxyl groups is 1. The monoisotopic (exact) mass is 283 g/mol. The summed E-state index contributed by atoms with van der Waals surface area (Å²) >= 11 is 0. The maximum Gasteiger partial charge on any atom is 0.225 e. The predicted molar refractivity (Wildman–Crippen MR) is 83.1 cm³/mol. The Morgan fingerprint density at radius 3 is 2.38 bits per heavy atom. The van der Waals surface area contributed by atoms with Crippen LogP contribution in [0.2, 0.25) is 0 Å². The maximum atomic E-state index is 10.4. The van der Waals surface area contributed by atoms with Crippen molar-refractivity contribution in [2.45, 2.75) is 25.4 Å². The number of hydrogen-bond donors (Lipinski definition) is 1. The third-order valence-electron chi connectivity index (χ3n) is 4.21. The molecular formula is C17H21N3O. The van der Waals surface area contributed by atoms with Crippen molar-refractivity contribution in [2.75, 3.05) is 18.0 Å². The minimum absolute atomic E-state index is 0.258. The van der Waals surface area contributed by atoms with E-state index in [4.69, 9.17) is 0 Å². The average Bonchev–Trinajstić information content (AvgIpc) is 2.57. The van der Waals surface area contributed by atoms with Gasteiger partial charge in [0.05, 0.1) is 6.10 Å². The van der Waals surface area contributed by atoms with Crippen LogP contribution in [0.25, 0.3) is 0 Å². The molecule has 1 aromatic heterocycles. The molecule has 1 aliphatic rings. The fourth-order valence-corrected chi connectivity index (χ4v) is 2.96. The molecule has 4 heteroatoms. The Kier molecular flexibility index (Phi) is 4.46. The molecule has 1 N–H and O–H groups in total. The summed E-state index contributed by atoms with van der Waals surface area (Å²) in [6, 6.07) is 12.1. The molecule has 1 aliphatic heterocycles. The highest BCUT2D eigenvalue weighted by atomic mass is 16.3. The summed E-state index contributed by atoms with van der Waals surface area (Å²) in [5.74, 6) is 1.17. The van der Waals surface area contributed by atoms with E-state index in [-0.39, 0.29) is 6.10 Å². The van der Waals surface area contributed by atoms with E-state index in [0.29, 0.717) is 5.92 Å². The SMILES string of the molecule is OC(Cc1ccccc1)C1CCN(c2ncccn2)CC1. The van der Waals surface area contributed by atoms with E-state index in [1.807, 2.05) is 24.3 Å². The highest BCUT2D eigenvalue weighted by Crippen LogP contribution is 2.24. The van der Waals surface area contributed by atoms with Crippen LogP contribution >= 0.6 is 0 Å². The first kappa shape index (κ1) is 14.0. The third-order valence-corrected chi connectivity index (χ3v) is 4.21. The van der Waals surface area contributed by atoms with Gasteiger partial charge in [-0.1, -0.05) is 30.3 Å². The lowest BCUT2D eigenvalue weighted by Gasteiger charge is -2.34. The van der Waals surface area contributed by atoms with Crippen molar-refractivity contribution in [3.63, 3.8) is 0 Å². The maximum absolute atomic E-state index is 10.4. The van der Waals surface area contributed by atoms with Crippen LogP contribution in [0.3, 0.4) is 0 Å². The van der Waals surface area contributed by atoms with Crippen molar-refractivity contribution in [3.05, 3.63) is 54.4 Å². The fraction of sp³-hybridized carbons (Fsp3) is 0.412. The second kappa shape index (κ2) is 6.68. The molecule has 2 aromatic rings. The summed E-state index contributed by atoms with van der Waals surface area (Å²) < 4.78 is 0. The average molecular weight is 283 g/mol. The summed E-state index contributed by atoms with van der Waals surface area (Å²) in [5, 5.41) is 10.4. The molecule has 0 radical (unpaired) electrons. The predicted octanol–water partition coefficient (Wildman–Crippen LogP) is 2.30. The zero-order chi connectivity index (χ0) is 14.5. The fourth-order valence-electron chi connectivity index (χ4n) is 2.96. The molecule has 2 heterocycles. The molecule has 0 aliphatic carbocycles. The van der Waals surface area contributed by atoms with Gasteiger partial charge in [-0.3, -0.25) is 0 Å². The molecule has 0 spiro atoms. The van der Waals surface area contributed by atoms with Gasteiger partial charge in [0.15, 0.2) is 0 Å². The first-order valence-electron chi connectivity index (χ1n) is 7.57. The zero-order valence-electron chi connectivity index (χ0n) is 12.1. The van der Waals surface area contributed by atoms with Crippen LogP contribution in [-0.4, -0.2) is 34.3 Å². The molecule has 3 rings (SSSR count). The Bertz CT molecular complexity index is 538. The van der Waals surface area contributed by atoms with Gasteiger partial charge in [-0.15, -0.1) is 0 Å². The molecule has 1 unspecified atom stereocenters. The summed E-state index contributed by atoms with van der Waals surface area (Å²) in [6.07, 6.45) is 6.02. The first-order valence-corrected chi connectivity index (χ1v) is 7.57. The zero-order valence-corrected chi connectivity index (χ0v) is 12.1. The standard InChI is InChI=1S/C17H21N3O/c21-16(13-14-5-2-1-3-6-14)15-7-11-20(12-8-15)17-18-9-4-10-19-17/h1-6,9-10,15-16,21H,7-8,11-13H2. The number of nitrogens with zero attached hydrogens (tertiary/aromatic N) is 3. The van der Waals surface area contributed by atoms with E-state index < -0.39 is 0 Å². The smallest absolute Gasteiger partial charge is 0.225 e. The van der Waals surface area contributed by atoms with Gasteiger partial charge in [0.2, 0.25) is 5.95 Å². The van der Waals surface area contributed by atoms with Crippen molar-refractivity contribution >= 4 is 5.95 Å². The number of hydrogen-bond acceptors (Lipinski definition) is 4. The van der Waals surface area contributed by atoms with Crippen LogP contribution in [0.15, 0.2) is 48.8 Å². The van der Waals surface area contributed by atoms with Crippen LogP contribution in [0.1, 0.15) is 18.4 Å². The highest BCUT2D eigenvalue weighted by Gasteiger charge is 2.26. The molecule has 1 saturated heterocycles. The van der Waals surface area contributed by atoms with E-state index in [2.05, 4.69) is 27.0 Å². The molecule has 1 fully saturated rings. The van der Waals surface area contributed by atoms with Gasteiger partial charge < -0.3 is 10.0 Å². The molecule has 110 valence electrons. The van der Waals surface area contributed by atoms with E-state index in [1.54, 1.807) is 12.4 Å². The van der Waals surface area contributed by atoms with Crippen molar-refractivity contribution in [2.24, 2.45) is 5.92 Å². The van der Waals surface area contributed by atoms with E-state index in [0.717, 1.165) is 38.3 Å². The number of rotatable bonds is 4. The largest absolute Gasteiger partial charge is 0.392 e. The quantitative estimate of drug-likeness (QED) is 0.935. The summed E-state index contributed by atoms with van der Waals surface area (Å²) in [6.45, 7) is 1.83. The Morgan fingerprint density at radius 1 is 1.05 bits per heavy atom. The third kappa shape index (κ3) is 3.58. The van der Waals surface area contributed by atoms with Crippen LogP contribution < -0.4 is 4.90 Å². The van der Waals surface area contributed by atoms with Gasteiger partial charge >= 0.3 is 0 Å². The number of anilines is 1. The second-order valence-electron chi connectivity index (χ2n) is 5.63. The van der Waals surface area contributed by atoms with E-state index >= 15 is 0 Å². The molecule has 0 saturated carbocycles. The molecule has 1 atom stereocenters. The van der Waals surface area contributed by atoms with Crippen LogP contribution in [0.4, 0.5) is 5.95 Å². The summed E-state index contributed by atoms with van der Waals surface area (Å²) in [7, 11) is 0. The van der Waals surface area contributed by atoms with Crippen LogP contribution in [-0.2, 0) is 6.42 Å². The highest BCUT2D eigenvalue weighted by molar-refractivity contribution is 5.29. The lowest BCUT2D eigenvalue weighted by Crippen LogP contribution is -2.39.